The van der Waals surface area contributed by atoms with Gasteiger partial charge in [-0.1, -0.05) is 12.1 Å². The molecule has 0 aromatic heterocycles. The molecule has 1 atom stereocenters. The van der Waals surface area contributed by atoms with E-state index in [0.29, 0.717) is 25.2 Å². The third kappa shape index (κ3) is 2.31. The summed E-state index contributed by atoms with van der Waals surface area (Å²) in [5.41, 5.74) is 0.934. The predicted molar refractivity (Wildman–Crippen MR) is 55.8 cm³/mol. The average molecular weight is 217 g/mol. The van der Waals surface area contributed by atoms with Gasteiger partial charge in [0, 0.05) is 6.42 Å². The number of rotatable bonds is 3. The summed E-state index contributed by atoms with van der Waals surface area (Å²) in [7, 11) is 0. The van der Waals surface area contributed by atoms with E-state index >= 15 is 0 Å². The van der Waals surface area contributed by atoms with Crippen LogP contribution in [0.15, 0.2) is 24.3 Å². The molecule has 0 spiro atoms. The average Bonchev–Trinajstić information content (AvgIpc) is 2.68. The molecule has 1 aliphatic heterocycles. The number of ether oxygens (including phenoxy) is 2. The fraction of sp³-hybridized carbons (Fsp3) is 0.333. The molecule has 1 aromatic carbocycles. The Hall–Kier alpha value is -2.02. The van der Waals surface area contributed by atoms with E-state index < -0.39 is 6.10 Å². The Morgan fingerprint density at radius 1 is 1.44 bits per heavy atom. The molecule has 0 N–H and O–H groups in total. The van der Waals surface area contributed by atoms with E-state index in [1.54, 1.807) is 12.1 Å². The molecular weight excluding hydrogens is 206 g/mol. The first-order valence-electron chi connectivity index (χ1n) is 5.09. The molecule has 82 valence electrons. The zero-order valence-electron chi connectivity index (χ0n) is 8.68. The van der Waals surface area contributed by atoms with Gasteiger partial charge < -0.3 is 9.47 Å². The molecule has 1 fully saturated rings. The van der Waals surface area contributed by atoms with Crippen LogP contribution in [-0.4, -0.2) is 18.7 Å². The summed E-state index contributed by atoms with van der Waals surface area (Å²) in [5, 5.41) is 8.51. The van der Waals surface area contributed by atoms with Crippen molar-refractivity contribution >= 4 is 5.97 Å². The summed E-state index contributed by atoms with van der Waals surface area (Å²) in [6.07, 6.45) is 0.492. The van der Waals surface area contributed by atoms with Crippen LogP contribution >= 0.6 is 0 Å². The number of cyclic esters (lactones) is 1. The van der Waals surface area contributed by atoms with Crippen LogP contribution in [0.25, 0.3) is 0 Å². The Labute approximate surface area is 93.4 Å². The number of hydrogen-bond donors (Lipinski definition) is 0. The number of hydrogen-bond acceptors (Lipinski definition) is 4. The maximum atomic E-state index is 11.2. The van der Waals surface area contributed by atoms with E-state index in [1.165, 1.54) is 0 Å². The van der Waals surface area contributed by atoms with E-state index in [2.05, 4.69) is 6.07 Å². The Kier molecular flexibility index (Phi) is 3.06. The predicted octanol–water partition coefficient (Wildman–Crippen LogP) is 1.45. The molecule has 0 aliphatic carbocycles. The number of esters is 1. The molecule has 1 aromatic rings. The fourth-order valence-electron chi connectivity index (χ4n) is 1.53. The zero-order chi connectivity index (χ0) is 11.4. The molecule has 1 unspecified atom stereocenters. The van der Waals surface area contributed by atoms with E-state index in [9.17, 15) is 4.79 Å². The van der Waals surface area contributed by atoms with E-state index in [0.717, 1.165) is 5.56 Å². The quantitative estimate of drug-likeness (QED) is 0.719. The summed E-state index contributed by atoms with van der Waals surface area (Å²) in [6.45, 7) is 0.427. The maximum Gasteiger partial charge on any atom is 0.347 e. The molecule has 1 aliphatic rings. The molecule has 4 heteroatoms. The number of nitriles is 1. The monoisotopic (exact) mass is 217 g/mol. The third-order valence-electron chi connectivity index (χ3n) is 2.37. The maximum absolute atomic E-state index is 11.2. The highest BCUT2D eigenvalue weighted by Gasteiger charge is 2.28. The van der Waals surface area contributed by atoms with Crippen molar-refractivity contribution in [3.63, 3.8) is 0 Å². The molecule has 1 heterocycles. The van der Waals surface area contributed by atoms with Gasteiger partial charge in [-0.2, -0.15) is 5.26 Å². The second-order valence-electron chi connectivity index (χ2n) is 3.54. The van der Waals surface area contributed by atoms with Gasteiger partial charge in [-0.25, -0.2) is 4.79 Å². The summed E-state index contributed by atoms with van der Waals surface area (Å²) in [5.74, 6) is 0.326. The van der Waals surface area contributed by atoms with Gasteiger partial charge in [-0.3, -0.25) is 0 Å². The Bertz CT molecular complexity index is 419. The van der Waals surface area contributed by atoms with Gasteiger partial charge in [0.15, 0.2) is 6.10 Å². The molecule has 2 rings (SSSR count). The van der Waals surface area contributed by atoms with Gasteiger partial charge in [0.1, 0.15) is 5.75 Å². The smallest absolute Gasteiger partial charge is 0.347 e. The molecule has 16 heavy (non-hydrogen) atoms. The van der Waals surface area contributed by atoms with Gasteiger partial charge in [0.2, 0.25) is 0 Å². The number of benzene rings is 1. The van der Waals surface area contributed by atoms with Crippen LogP contribution in [0.3, 0.4) is 0 Å². The van der Waals surface area contributed by atoms with Gasteiger partial charge in [0.25, 0.3) is 0 Å². The normalized spacial score (nSPS) is 18.9. The third-order valence-corrected chi connectivity index (χ3v) is 2.37. The van der Waals surface area contributed by atoms with Gasteiger partial charge in [-0.15, -0.1) is 0 Å². The Balaban J connectivity index is 2.00. The lowest BCUT2D eigenvalue weighted by Crippen LogP contribution is -2.21. The molecular formula is C12H11NO3. The van der Waals surface area contributed by atoms with Crippen molar-refractivity contribution in [3.8, 4) is 11.8 Å². The summed E-state index contributed by atoms with van der Waals surface area (Å²) in [4.78, 5) is 11.2. The SMILES string of the molecule is N#CCc1ccc(OC2CCOC2=O)cc1. The van der Waals surface area contributed by atoms with Crippen LogP contribution < -0.4 is 4.74 Å². The van der Waals surface area contributed by atoms with Crippen molar-refractivity contribution in [1.29, 1.82) is 5.26 Å². The zero-order valence-corrected chi connectivity index (χ0v) is 8.68. The standard InChI is InChI=1S/C12H11NO3/c13-7-5-9-1-3-10(4-2-9)16-11-6-8-15-12(11)14/h1-4,11H,5-6,8H2. The van der Waals surface area contributed by atoms with Crippen molar-refractivity contribution in [3.05, 3.63) is 29.8 Å². The number of carbonyl (C=O) groups excluding carboxylic acids is 1. The van der Waals surface area contributed by atoms with Crippen molar-refractivity contribution in [2.45, 2.75) is 18.9 Å². The lowest BCUT2D eigenvalue weighted by Gasteiger charge is -2.09. The molecule has 0 radical (unpaired) electrons. The van der Waals surface area contributed by atoms with Crippen molar-refractivity contribution in [2.24, 2.45) is 0 Å². The minimum absolute atomic E-state index is 0.305. The highest BCUT2D eigenvalue weighted by atomic mass is 16.6. The van der Waals surface area contributed by atoms with Crippen molar-refractivity contribution in [1.82, 2.24) is 0 Å². The first kappa shape index (κ1) is 10.5. The number of carbonyl (C=O) groups is 1. The first-order valence-corrected chi connectivity index (χ1v) is 5.09. The molecule has 4 nitrogen and oxygen atoms in total. The minimum Gasteiger partial charge on any atom is -0.479 e. The summed E-state index contributed by atoms with van der Waals surface area (Å²) in [6, 6.07) is 9.23. The van der Waals surface area contributed by atoms with Crippen LogP contribution in [0.4, 0.5) is 0 Å². The highest BCUT2D eigenvalue weighted by molar-refractivity contribution is 5.76. The Morgan fingerprint density at radius 3 is 2.75 bits per heavy atom. The molecule has 0 saturated carbocycles. The lowest BCUT2D eigenvalue weighted by atomic mass is 10.1. The molecule has 0 bridgehead atoms. The van der Waals surface area contributed by atoms with Crippen LogP contribution in [0.1, 0.15) is 12.0 Å². The van der Waals surface area contributed by atoms with Crippen LogP contribution in [-0.2, 0) is 16.0 Å². The van der Waals surface area contributed by atoms with Gasteiger partial charge in [-0.05, 0) is 17.7 Å². The minimum atomic E-state index is -0.484. The fourth-order valence-corrected chi connectivity index (χ4v) is 1.53. The second kappa shape index (κ2) is 4.67. The van der Waals surface area contributed by atoms with E-state index in [1.807, 2.05) is 12.1 Å². The summed E-state index contributed by atoms with van der Waals surface area (Å²) < 4.78 is 10.3. The van der Waals surface area contributed by atoms with Crippen molar-refractivity contribution < 1.29 is 14.3 Å². The van der Waals surface area contributed by atoms with E-state index in [-0.39, 0.29) is 5.97 Å². The number of nitrogens with zero attached hydrogens (tertiary/aromatic N) is 1. The van der Waals surface area contributed by atoms with E-state index in [4.69, 9.17) is 14.7 Å². The summed E-state index contributed by atoms with van der Waals surface area (Å²) >= 11 is 0. The van der Waals surface area contributed by atoms with Crippen molar-refractivity contribution in [2.75, 3.05) is 6.61 Å². The second-order valence-corrected chi connectivity index (χ2v) is 3.54. The first-order chi connectivity index (χ1) is 7.79. The lowest BCUT2D eigenvalue weighted by molar-refractivity contribution is -0.143. The van der Waals surface area contributed by atoms with Crippen LogP contribution in [0.5, 0.6) is 5.75 Å². The van der Waals surface area contributed by atoms with Crippen LogP contribution in [0, 0.1) is 11.3 Å². The van der Waals surface area contributed by atoms with Gasteiger partial charge in [0.05, 0.1) is 19.1 Å². The molecule has 1 saturated heterocycles. The Morgan fingerprint density at radius 2 is 2.19 bits per heavy atom. The topological polar surface area (TPSA) is 59.3 Å². The highest BCUT2D eigenvalue weighted by Crippen LogP contribution is 2.18. The molecule has 0 amide bonds. The largest absolute Gasteiger partial charge is 0.479 e. The van der Waals surface area contributed by atoms with Crippen LogP contribution in [0.2, 0.25) is 0 Å². The van der Waals surface area contributed by atoms with Gasteiger partial charge >= 0.3 is 5.97 Å².